The second kappa shape index (κ2) is 7.98. The lowest BCUT2D eigenvalue weighted by Gasteiger charge is -2.16. The van der Waals surface area contributed by atoms with Gasteiger partial charge in [-0.2, -0.15) is 0 Å². The van der Waals surface area contributed by atoms with Crippen molar-refractivity contribution in [3.63, 3.8) is 0 Å². The maximum absolute atomic E-state index is 9.89. The first kappa shape index (κ1) is 15.8. The molecule has 0 saturated carbocycles. The smallest absolute Gasteiger partial charge is 0.0945 e. The van der Waals surface area contributed by atoms with E-state index < -0.39 is 6.10 Å². The highest BCUT2D eigenvalue weighted by Gasteiger charge is 2.16. The molecule has 1 aromatic carbocycles. The van der Waals surface area contributed by atoms with Gasteiger partial charge in [0, 0.05) is 23.3 Å². The van der Waals surface area contributed by atoms with E-state index in [-0.39, 0.29) is 6.10 Å². The highest BCUT2D eigenvalue weighted by atomic mass is 79.9. The Labute approximate surface area is 128 Å². The summed E-state index contributed by atoms with van der Waals surface area (Å²) >= 11 is 3.43. The topological polar surface area (TPSA) is 50.7 Å². The zero-order chi connectivity index (χ0) is 14.4. The number of benzene rings is 1. The molecular weight excluding hydrogens is 322 g/mol. The summed E-state index contributed by atoms with van der Waals surface area (Å²) in [7, 11) is 0. The van der Waals surface area contributed by atoms with Crippen LogP contribution >= 0.6 is 15.9 Å². The standard InChI is InChI=1S/C15H22BrNO3/c1-11-7-12(16)4-5-15(11)17-8-13(18)9-19-10-14-3-2-6-20-14/h4-5,7,13-14,17-18H,2-3,6,8-10H2,1H3. The average Bonchev–Trinajstić information content (AvgIpc) is 2.91. The number of rotatable bonds is 7. The van der Waals surface area contributed by atoms with Crippen LogP contribution in [0.25, 0.3) is 0 Å². The van der Waals surface area contributed by atoms with Gasteiger partial charge < -0.3 is 19.9 Å². The lowest BCUT2D eigenvalue weighted by Crippen LogP contribution is -2.27. The van der Waals surface area contributed by atoms with Gasteiger partial charge in [0.05, 0.1) is 25.4 Å². The van der Waals surface area contributed by atoms with Gasteiger partial charge in [-0.15, -0.1) is 0 Å². The molecule has 1 aromatic rings. The molecule has 0 spiro atoms. The van der Waals surface area contributed by atoms with Gasteiger partial charge >= 0.3 is 0 Å². The number of halogens is 1. The maximum atomic E-state index is 9.89. The molecule has 2 unspecified atom stereocenters. The number of aliphatic hydroxyl groups is 1. The van der Waals surface area contributed by atoms with Crippen molar-refractivity contribution in [3.05, 3.63) is 28.2 Å². The predicted octanol–water partition coefficient (Wildman–Crippen LogP) is 2.73. The first-order chi connectivity index (χ1) is 9.65. The van der Waals surface area contributed by atoms with Crippen molar-refractivity contribution in [1.82, 2.24) is 0 Å². The highest BCUT2D eigenvalue weighted by Crippen LogP contribution is 2.19. The Morgan fingerprint density at radius 1 is 1.55 bits per heavy atom. The molecule has 20 heavy (non-hydrogen) atoms. The van der Waals surface area contributed by atoms with Crippen LogP contribution in [0.5, 0.6) is 0 Å². The van der Waals surface area contributed by atoms with Crippen LogP contribution in [0.15, 0.2) is 22.7 Å². The average molecular weight is 344 g/mol. The van der Waals surface area contributed by atoms with Crippen LogP contribution in [0, 0.1) is 6.92 Å². The van der Waals surface area contributed by atoms with Crippen molar-refractivity contribution in [1.29, 1.82) is 0 Å². The molecule has 5 heteroatoms. The van der Waals surface area contributed by atoms with Gasteiger partial charge in [0.25, 0.3) is 0 Å². The number of hydrogen-bond donors (Lipinski definition) is 2. The lowest BCUT2D eigenvalue weighted by molar-refractivity contribution is -0.0137. The monoisotopic (exact) mass is 343 g/mol. The Morgan fingerprint density at radius 3 is 3.10 bits per heavy atom. The van der Waals surface area contributed by atoms with Crippen molar-refractivity contribution in [2.24, 2.45) is 0 Å². The molecule has 1 fully saturated rings. The third-order valence-corrected chi connectivity index (χ3v) is 3.85. The van der Waals surface area contributed by atoms with Gasteiger partial charge in [0.1, 0.15) is 0 Å². The molecule has 2 N–H and O–H groups in total. The van der Waals surface area contributed by atoms with E-state index in [9.17, 15) is 5.11 Å². The molecule has 0 aliphatic carbocycles. The van der Waals surface area contributed by atoms with E-state index in [2.05, 4.69) is 21.2 Å². The van der Waals surface area contributed by atoms with E-state index in [1.54, 1.807) is 0 Å². The van der Waals surface area contributed by atoms with Gasteiger partial charge in [-0.05, 0) is 43.5 Å². The molecule has 4 nitrogen and oxygen atoms in total. The van der Waals surface area contributed by atoms with Gasteiger partial charge in [-0.3, -0.25) is 0 Å². The van der Waals surface area contributed by atoms with E-state index in [0.29, 0.717) is 19.8 Å². The van der Waals surface area contributed by atoms with Gasteiger partial charge in [-0.1, -0.05) is 15.9 Å². The van der Waals surface area contributed by atoms with Crippen molar-refractivity contribution < 1.29 is 14.6 Å². The molecule has 1 aliphatic heterocycles. The molecule has 2 atom stereocenters. The summed E-state index contributed by atoms with van der Waals surface area (Å²) in [5.74, 6) is 0. The van der Waals surface area contributed by atoms with Crippen LogP contribution in [0.2, 0.25) is 0 Å². The fourth-order valence-corrected chi connectivity index (χ4v) is 2.70. The molecule has 112 valence electrons. The Bertz CT molecular complexity index is 422. The summed E-state index contributed by atoms with van der Waals surface area (Å²) in [6.45, 7) is 4.26. The number of anilines is 1. The van der Waals surface area contributed by atoms with Gasteiger partial charge in [0.15, 0.2) is 0 Å². The first-order valence-corrected chi connectivity index (χ1v) is 7.82. The van der Waals surface area contributed by atoms with Crippen LogP contribution in [-0.2, 0) is 9.47 Å². The van der Waals surface area contributed by atoms with Crippen molar-refractivity contribution in [2.45, 2.75) is 32.0 Å². The highest BCUT2D eigenvalue weighted by molar-refractivity contribution is 9.10. The number of hydrogen-bond acceptors (Lipinski definition) is 4. The summed E-state index contributed by atoms with van der Waals surface area (Å²) in [6, 6.07) is 6.03. The zero-order valence-corrected chi connectivity index (χ0v) is 13.4. The van der Waals surface area contributed by atoms with Crippen LogP contribution in [0.3, 0.4) is 0 Å². The van der Waals surface area contributed by atoms with Crippen LogP contribution < -0.4 is 5.32 Å². The second-order valence-electron chi connectivity index (χ2n) is 5.17. The molecule has 1 saturated heterocycles. The van der Waals surface area contributed by atoms with E-state index in [1.165, 1.54) is 0 Å². The number of aliphatic hydroxyl groups excluding tert-OH is 1. The van der Waals surface area contributed by atoms with Crippen LogP contribution in [-0.4, -0.2) is 43.7 Å². The molecule has 0 aromatic heterocycles. The largest absolute Gasteiger partial charge is 0.389 e. The number of aryl methyl sites for hydroxylation is 1. The Balaban J connectivity index is 1.65. The van der Waals surface area contributed by atoms with Crippen molar-refractivity contribution in [2.75, 3.05) is 31.7 Å². The molecular formula is C15H22BrNO3. The molecule has 2 rings (SSSR count). The molecule has 1 heterocycles. The van der Waals surface area contributed by atoms with E-state index >= 15 is 0 Å². The summed E-state index contributed by atoms with van der Waals surface area (Å²) in [5, 5.41) is 13.1. The fraction of sp³-hybridized carbons (Fsp3) is 0.600. The van der Waals surface area contributed by atoms with Crippen LogP contribution in [0.4, 0.5) is 5.69 Å². The molecule has 1 aliphatic rings. The first-order valence-electron chi connectivity index (χ1n) is 7.02. The third-order valence-electron chi connectivity index (χ3n) is 3.35. The quantitative estimate of drug-likeness (QED) is 0.799. The summed E-state index contributed by atoms with van der Waals surface area (Å²) in [5.41, 5.74) is 2.18. The van der Waals surface area contributed by atoms with E-state index in [0.717, 1.165) is 35.2 Å². The SMILES string of the molecule is Cc1cc(Br)ccc1NCC(O)COCC1CCCO1. The maximum Gasteiger partial charge on any atom is 0.0945 e. The molecule has 0 bridgehead atoms. The second-order valence-corrected chi connectivity index (χ2v) is 6.08. The minimum Gasteiger partial charge on any atom is -0.389 e. The van der Waals surface area contributed by atoms with Crippen molar-refractivity contribution >= 4 is 21.6 Å². The normalized spacial score (nSPS) is 20.1. The lowest BCUT2D eigenvalue weighted by atomic mass is 10.2. The Morgan fingerprint density at radius 2 is 2.40 bits per heavy atom. The van der Waals surface area contributed by atoms with Gasteiger partial charge in [-0.25, -0.2) is 0 Å². The van der Waals surface area contributed by atoms with Crippen LogP contribution in [0.1, 0.15) is 18.4 Å². The minimum absolute atomic E-state index is 0.212. The number of ether oxygens (including phenoxy) is 2. The van der Waals surface area contributed by atoms with Crippen molar-refractivity contribution in [3.8, 4) is 0 Å². The summed E-state index contributed by atoms with van der Waals surface area (Å²) in [4.78, 5) is 0. The Hall–Kier alpha value is -0.620. The number of nitrogens with one attached hydrogen (secondary N) is 1. The summed E-state index contributed by atoms with van der Waals surface area (Å²) in [6.07, 6.45) is 1.87. The molecule has 0 amide bonds. The predicted molar refractivity (Wildman–Crippen MR) is 83.2 cm³/mol. The Kier molecular flexibility index (Phi) is 6.29. The summed E-state index contributed by atoms with van der Waals surface area (Å²) < 4.78 is 12.0. The van der Waals surface area contributed by atoms with Gasteiger partial charge in [0.2, 0.25) is 0 Å². The zero-order valence-electron chi connectivity index (χ0n) is 11.8. The molecule has 0 radical (unpaired) electrons. The fourth-order valence-electron chi connectivity index (χ4n) is 2.22. The van der Waals surface area contributed by atoms with E-state index in [4.69, 9.17) is 9.47 Å². The van der Waals surface area contributed by atoms with E-state index in [1.807, 2.05) is 25.1 Å². The third kappa shape index (κ3) is 5.05. The minimum atomic E-state index is -0.514.